The van der Waals surface area contributed by atoms with Crippen molar-refractivity contribution in [3.8, 4) is 0 Å². The molecule has 0 bridgehead atoms. The molecule has 0 N–H and O–H groups in total. The van der Waals surface area contributed by atoms with Crippen LogP contribution in [0.5, 0.6) is 0 Å². The molecule has 0 aliphatic rings. The standard InChI is InChI=1S/C15H13NO2/c1-10-7-8-12-13(9-10)11-5-3-4-6-14(11)16(18-2)15(12)17/h3-9H,1-2H3. The van der Waals surface area contributed by atoms with Crippen LogP contribution in [0.1, 0.15) is 5.56 Å². The zero-order valence-electron chi connectivity index (χ0n) is 10.3. The van der Waals surface area contributed by atoms with E-state index in [0.29, 0.717) is 5.39 Å². The summed E-state index contributed by atoms with van der Waals surface area (Å²) >= 11 is 0. The largest absolute Gasteiger partial charge is 0.413 e. The fourth-order valence-electron chi connectivity index (χ4n) is 2.35. The van der Waals surface area contributed by atoms with Gasteiger partial charge in [-0.15, -0.1) is 4.73 Å². The molecular formula is C15H13NO2. The first-order chi connectivity index (χ1) is 8.72. The first-order valence-corrected chi connectivity index (χ1v) is 5.81. The molecule has 1 heterocycles. The fraction of sp³-hybridized carbons (Fsp3) is 0.133. The first-order valence-electron chi connectivity index (χ1n) is 5.81. The second-order valence-corrected chi connectivity index (χ2v) is 4.35. The average Bonchev–Trinajstić information content (AvgIpc) is 2.39. The molecule has 0 spiro atoms. The maximum absolute atomic E-state index is 12.3. The molecule has 3 heteroatoms. The number of aryl methyl sites for hydroxylation is 1. The molecule has 2 aromatic carbocycles. The van der Waals surface area contributed by atoms with Gasteiger partial charge in [0.05, 0.1) is 10.9 Å². The summed E-state index contributed by atoms with van der Waals surface area (Å²) < 4.78 is 1.34. The van der Waals surface area contributed by atoms with Gasteiger partial charge in [-0.2, -0.15) is 0 Å². The van der Waals surface area contributed by atoms with Crippen LogP contribution in [0.4, 0.5) is 0 Å². The smallest absolute Gasteiger partial charge is 0.291 e. The van der Waals surface area contributed by atoms with Gasteiger partial charge < -0.3 is 4.84 Å². The molecule has 3 nitrogen and oxygen atoms in total. The number of para-hydroxylation sites is 1. The molecule has 3 aromatic rings. The Bertz CT molecular complexity index is 803. The van der Waals surface area contributed by atoms with Gasteiger partial charge in [0.25, 0.3) is 5.56 Å². The molecule has 18 heavy (non-hydrogen) atoms. The van der Waals surface area contributed by atoms with Crippen LogP contribution in [-0.4, -0.2) is 11.8 Å². The van der Waals surface area contributed by atoms with E-state index in [9.17, 15) is 4.79 Å². The van der Waals surface area contributed by atoms with Crippen LogP contribution in [0.25, 0.3) is 21.7 Å². The molecule has 3 rings (SSSR count). The van der Waals surface area contributed by atoms with Gasteiger partial charge in [0.1, 0.15) is 7.11 Å². The average molecular weight is 239 g/mol. The van der Waals surface area contributed by atoms with Crippen LogP contribution in [0, 0.1) is 6.92 Å². The first kappa shape index (κ1) is 10.8. The molecule has 1 aromatic heterocycles. The van der Waals surface area contributed by atoms with E-state index in [1.54, 1.807) is 0 Å². The van der Waals surface area contributed by atoms with E-state index in [2.05, 4.69) is 0 Å². The monoisotopic (exact) mass is 239 g/mol. The van der Waals surface area contributed by atoms with Gasteiger partial charge in [0.15, 0.2) is 0 Å². The minimum absolute atomic E-state index is 0.119. The molecule has 0 atom stereocenters. The van der Waals surface area contributed by atoms with E-state index in [-0.39, 0.29) is 5.56 Å². The van der Waals surface area contributed by atoms with Crippen molar-refractivity contribution in [1.29, 1.82) is 0 Å². The summed E-state index contributed by atoms with van der Waals surface area (Å²) in [7, 11) is 1.51. The van der Waals surface area contributed by atoms with Crippen molar-refractivity contribution in [3.63, 3.8) is 0 Å². The number of nitrogens with zero attached hydrogens (tertiary/aromatic N) is 1. The molecule has 0 fully saturated rings. The zero-order chi connectivity index (χ0) is 12.7. The quantitative estimate of drug-likeness (QED) is 0.611. The van der Waals surface area contributed by atoms with Gasteiger partial charge in [-0.1, -0.05) is 35.9 Å². The van der Waals surface area contributed by atoms with Crippen LogP contribution < -0.4 is 10.4 Å². The number of pyridine rings is 1. The minimum atomic E-state index is -0.119. The van der Waals surface area contributed by atoms with Crippen molar-refractivity contribution in [2.24, 2.45) is 0 Å². The maximum atomic E-state index is 12.3. The van der Waals surface area contributed by atoms with E-state index < -0.39 is 0 Å². The third-order valence-corrected chi connectivity index (χ3v) is 3.19. The van der Waals surface area contributed by atoms with Gasteiger partial charge in [0.2, 0.25) is 0 Å². The van der Waals surface area contributed by atoms with E-state index in [4.69, 9.17) is 4.84 Å². The Morgan fingerprint density at radius 2 is 1.78 bits per heavy atom. The number of hydrogen-bond acceptors (Lipinski definition) is 2. The molecular weight excluding hydrogens is 226 g/mol. The van der Waals surface area contributed by atoms with E-state index in [1.165, 1.54) is 11.8 Å². The van der Waals surface area contributed by atoms with Crippen LogP contribution >= 0.6 is 0 Å². The number of fused-ring (bicyclic) bond motifs is 3. The summed E-state index contributed by atoms with van der Waals surface area (Å²) in [5.74, 6) is 0. The third-order valence-electron chi connectivity index (χ3n) is 3.19. The summed E-state index contributed by atoms with van der Waals surface area (Å²) in [5.41, 5.74) is 1.82. The Kier molecular flexibility index (Phi) is 2.33. The van der Waals surface area contributed by atoms with Gasteiger partial charge in [0, 0.05) is 5.39 Å². The Morgan fingerprint density at radius 3 is 2.56 bits per heavy atom. The lowest BCUT2D eigenvalue weighted by Gasteiger charge is -2.11. The Hall–Kier alpha value is -2.29. The molecule has 0 saturated heterocycles. The molecule has 90 valence electrons. The van der Waals surface area contributed by atoms with Crippen LogP contribution in [0.15, 0.2) is 47.3 Å². The highest BCUT2D eigenvalue weighted by Gasteiger charge is 2.10. The van der Waals surface area contributed by atoms with E-state index in [1.807, 2.05) is 49.4 Å². The number of hydrogen-bond donors (Lipinski definition) is 0. The van der Waals surface area contributed by atoms with Gasteiger partial charge >= 0.3 is 0 Å². The lowest BCUT2D eigenvalue weighted by molar-refractivity contribution is 0.170. The summed E-state index contributed by atoms with van der Waals surface area (Å²) in [6, 6.07) is 13.6. The summed E-state index contributed by atoms with van der Waals surface area (Å²) in [5, 5.41) is 2.68. The maximum Gasteiger partial charge on any atom is 0.291 e. The van der Waals surface area contributed by atoms with Crippen LogP contribution in [0.2, 0.25) is 0 Å². The van der Waals surface area contributed by atoms with Crippen molar-refractivity contribution >= 4 is 21.7 Å². The summed E-state index contributed by atoms with van der Waals surface area (Å²) in [4.78, 5) is 17.5. The second-order valence-electron chi connectivity index (χ2n) is 4.35. The van der Waals surface area contributed by atoms with Crippen molar-refractivity contribution in [2.75, 3.05) is 7.11 Å². The van der Waals surface area contributed by atoms with Gasteiger partial charge in [-0.3, -0.25) is 4.79 Å². The van der Waals surface area contributed by atoms with Crippen molar-refractivity contribution in [1.82, 2.24) is 4.73 Å². The molecule has 0 amide bonds. The lowest BCUT2D eigenvalue weighted by atomic mass is 10.0. The molecule has 0 saturated carbocycles. The molecule has 0 unspecified atom stereocenters. The summed E-state index contributed by atoms with van der Waals surface area (Å²) in [6.45, 7) is 2.02. The molecule has 0 aliphatic carbocycles. The predicted molar refractivity (Wildman–Crippen MR) is 73.0 cm³/mol. The topological polar surface area (TPSA) is 31.2 Å². The van der Waals surface area contributed by atoms with Crippen molar-refractivity contribution < 1.29 is 4.84 Å². The third kappa shape index (κ3) is 1.40. The van der Waals surface area contributed by atoms with Gasteiger partial charge in [-0.05, 0) is 24.4 Å². The predicted octanol–water partition coefficient (Wildman–Crippen LogP) is 2.52. The Morgan fingerprint density at radius 1 is 1.00 bits per heavy atom. The highest BCUT2D eigenvalue weighted by atomic mass is 16.6. The fourth-order valence-corrected chi connectivity index (χ4v) is 2.35. The van der Waals surface area contributed by atoms with Crippen LogP contribution in [-0.2, 0) is 0 Å². The Labute approximate surface area is 104 Å². The van der Waals surface area contributed by atoms with E-state index in [0.717, 1.165) is 21.9 Å². The number of aromatic nitrogens is 1. The van der Waals surface area contributed by atoms with E-state index >= 15 is 0 Å². The van der Waals surface area contributed by atoms with Gasteiger partial charge in [-0.25, -0.2) is 0 Å². The summed E-state index contributed by atoms with van der Waals surface area (Å²) in [6.07, 6.45) is 0. The van der Waals surface area contributed by atoms with Crippen molar-refractivity contribution in [2.45, 2.75) is 6.92 Å². The highest BCUT2D eigenvalue weighted by Crippen LogP contribution is 2.23. The molecule has 0 radical (unpaired) electrons. The normalized spacial score (nSPS) is 11.0. The lowest BCUT2D eigenvalue weighted by Crippen LogP contribution is -2.25. The number of benzene rings is 2. The van der Waals surface area contributed by atoms with Crippen molar-refractivity contribution in [3.05, 3.63) is 58.4 Å². The Balaban J connectivity index is 2.67. The SMILES string of the molecule is COn1c(=O)c2ccc(C)cc2c2ccccc21. The zero-order valence-corrected chi connectivity index (χ0v) is 10.3. The highest BCUT2D eigenvalue weighted by molar-refractivity contribution is 6.05. The second kappa shape index (κ2) is 3.88. The molecule has 0 aliphatic heterocycles. The number of rotatable bonds is 1. The van der Waals surface area contributed by atoms with Crippen LogP contribution in [0.3, 0.4) is 0 Å². The minimum Gasteiger partial charge on any atom is -0.413 e.